The molecule has 2 aromatic heterocycles. The number of rotatable bonds is 8. The molecule has 0 saturated carbocycles. The van der Waals surface area contributed by atoms with Gasteiger partial charge in [-0.2, -0.15) is 5.10 Å². The number of para-hydroxylation sites is 1. The first-order chi connectivity index (χ1) is 20.1. The summed E-state index contributed by atoms with van der Waals surface area (Å²) in [4.78, 5) is 12.8. The fourth-order valence-electron chi connectivity index (χ4n) is 6.19. The summed E-state index contributed by atoms with van der Waals surface area (Å²) in [5.74, 6) is -0.0470. The quantitative estimate of drug-likeness (QED) is 0.223. The number of aromatic carboxylic acids is 1. The molecule has 8 nitrogen and oxygen atoms in total. The summed E-state index contributed by atoms with van der Waals surface area (Å²) in [6.45, 7) is 2.79. The van der Waals surface area contributed by atoms with Crippen molar-refractivity contribution in [3.8, 4) is 16.9 Å². The Balaban J connectivity index is 0.00000353. The van der Waals surface area contributed by atoms with E-state index >= 15 is 0 Å². The molecule has 0 saturated heterocycles. The summed E-state index contributed by atoms with van der Waals surface area (Å²) >= 11 is 0. The van der Waals surface area contributed by atoms with Crippen molar-refractivity contribution in [1.29, 1.82) is 0 Å². The molecule has 0 bridgehead atoms. The summed E-state index contributed by atoms with van der Waals surface area (Å²) in [5, 5.41) is 21.8. The fraction of sp³-hybridized carbons (Fsp3) is 0.333. The van der Waals surface area contributed by atoms with Gasteiger partial charge in [0.1, 0.15) is 11.4 Å². The van der Waals surface area contributed by atoms with E-state index in [1.54, 1.807) is 0 Å². The van der Waals surface area contributed by atoms with Crippen molar-refractivity contribution >= 4 is 27.6 Å². The zero-order valence-corrected chi connectivity index (χ0v) is 23.7. The second kappa shape index (κ2) is 11.8. The molecule has 0 aliphatic carbocycles. The van der Waals surface area contributed by atoms with E-state index in [4.69, 9.17) is 14.6 Å². The van der Waals surface area contributed by atoms with Crippen LogP contribution in [0.5, 0.6) is 5.75 Å². The van der Waals surface area contributed by atoms with E-state index in [1.165, 1.54) is 0 Å². The lowest BCUT2D eigenvalue weighted by Crippen LogP contribution is -2.12. The molecular formula is C33H38N4O4. The number of hydrogen-bond acceptors (Lipinski definition) is 5. The lowest BCUT2D eigenvalue weighted by atomic mass is 9.98. The number of ether oxygens (including phenoxy) is 2. The summed E-state index contributed by atoms with van der Waals surface area (Å²) < 4.78 is 16.2. The minimum absolute atomic E-state index is 0. The topological polar surface area (TPSA) is 90.5 Å². The van der Waals surface area contributed by atoms with Crippen molar-refractivity contribution in [1.82, 2.24) is 19.7 Å². The van der Waals surface area contributed by atoms with E-state index in [0.29, 0.717) is 51.4 Å². The minimum Gasteiger partial charge on any atom is -0.493 e. The standard InChI is InChI=1S/C33H36N4O4.H2/c1-34-20-27-30-26-14-8-13-24-25(15-9-19-41-29-16-7-11-22-10-3-4-12-23(22)29)32(33(38)39)37(31(24)26)17-5-6-18-40-21-28(30)36(2)35-27;/h3-4,7-8,10-14,16,34H,5-6,9,15,17-21H2,1-2H3,(H,38,39);1H. The number of aryl methyl sites for hydroxylation is 3. The molecule has 41 heavy (non-hydrogen) atoms. The van der Waals surface area contributed by atoms with Gasteiger partial charge in [-0.1, -0.05) is 54.6 Å². The average Bonchev–Trinajstić information content (AvgIpc) is 3.45. The maximum absolute atomic E-state index is 12.8. The van der Waals surface area contributed by atoms with Crippen molar-refractivity contribution < 1.29 is 20.8 Å². The van der Waals surface area contributed by atoms with Crippen LogP contribution in [-0.4, -0.2) is 45.7 Å². The predicted molar refractivity (Wildman–Crippen MR) is 163 cm³/mol. The van der Waals surface area contributed by atoms with Gasteiger partial charge in [-0.15, -0.1) is 0 Å². The normalized spacial score (nSPS) is 13.7. The van der Waals surface area contributed by atoms with Crippen LogP contribution in [-0.2, 0) is 37.9 Å². The molecule has 1 aliphatic rings. The Morgan fingerprint density at radius 1 is 1.10 bits per heavy atom. The van der Waals surface area contributed by atoms with Crippen LogP contribution in [0.25, 0.3) is 32.8 Å². The van der Waals surface area contributed by atoms with Crippen LogP contribution in [0, 0.1) is 0 Å². The first kappa shape index (κ1) is 27.1. The third-order valence-corrected chi connectivity index (χ3v) is 7.98. The molecular weight excluding hydrogens is 516 g/mol. The number of carboxylic acids is 1. The molecule has 0 spiro atoms. The van der Waals surface area contributed by atoms with Gasteiger partial charge in [-0.25, -0.2) is 4.79 Å². The molecule has 2 N–H and O–H groups in total. The van der Waals surface area contributed by atoms with E-state index in [9.17, 15) is 9.90 Å². The highest BCUT2D eigenvalue weighted by Gasteiger charge is 2.27. The highest BCUT2D eigenvalue weighted by atomic mass is 16.5. The minimum atomic E-state index is -0.898. The number of nitrogens with one attached hydrogen (secondary N) is 1. The smallest absolute Gasteiger partial charge is 0.352 e. The van der Waals surface area contributed by atoms with Gasteiger partial charge in [0.05, 0.1) is 30.1 Å². The lowest BCUT2D eigenvalue weighted by Gasteiger charge is -2.12. The average molecular weight is 555 g/mol. The van der Waals surface area contributed by atoms with Gasteiger partial charge in [-0.05, 0) is 49.7 Å². The Morgan fingerprint density at radius 3 is 2.76 bits per heavy atom. The molecule has 8 heteroatoms. The van der Waals surface area contributed by atoms with Gasteiger partial charge < -0.3 is 24.5 Å². The van der Waals surface area contributed by atoms with E-state index < -0.39 is 5.97 Å². The molecule has 0 atom stereocenters. The van der Waals surface area contributed by atoms with Crippen LogP contribution < -0.4 is 10.1 Å². The van der Waals surface area contributed by atoms with E-state index in [1.807, 2.05) is 53.7 Å². The van der Waals surface area contributed by atoms with Crippen molar-refractivity contribution in [2.75, 3.05) is 20.3 Å². The zero-order chi connectivity index (χ0) is 28.3. The Morgan fingerprint density at radius 2 is 1.90 bits per heavy atom. The molecule has 1 aliphatic heterocycles. The van der Waals surface area contributed by atoms with E-state index in [-0.39, 0.29) is 1.43 Å². The molecule has 0 fully saturated rings. The van der Waals surface area contributed by atoms with Crippen LogP contribution in [0.4, 0.5) is 0 Å². The molecule has 6 rings (SSSR count). The Kier molecular flexibility index (Phi) is 7.76. The fourth-order valence-corrected chi connectivity index (χ4v) is 6.19. The van der Waals surface area contributed by atoms with Crippen LogP contribution in [0.2, 0.25) is 0 Å². The van der Waals surface area contributed by atoms with Crippen LogP contribution in [0.1, 0.15) is 48.1 Å². The SMILES string of the molecule is CNCc1nn(C)c2c1-c1cccc3c(CCCOc4cccc5ccccc45)c(C(=O)O)n(c13)CCCCOC2.[HH]. The molecule has 0 radical (unpaired) electrons. The van der Waals surface area contributed by atoms with Gasteiger partial charge in [0.25, 0.3) is 0 Å². The third-order valence-electron chi connectivity index (χ3n) is 7.98. The van der Waals surface area contributed by atoms with Crippen molar-refractivity contribution in [2.24, 2.45) is 7.05 Å². The van der Waals surface area contributed by atoms with Crippen LogP contribution >= 0.6 is 0 Å². The number of carbonyl (C=O) groups is 1. The van der Waals surface area contributed by atoms with Crippen molar-refractivity contribution in [2.45, 2.75) is 45.4 Å². The van der Waals surface area contributed by atoms with Gasteiger partial charge in [-0.3, -0.25) is 4.68 Å². The van der Waals surface area contributed by atoms with Crippen LogP contribution in [0.15, 0.2) is 60.7 Å². The Labute approximate surface area is 241 Å². The highest BCUT2D eigenvalue weighted by Crippen LogP contribution is 2.39. The highest BCUT2D eigenvalue weighted by molar-refractivity contribution is 6.04. The molecule has 5 aromatic rings. The number of carboxylic acid groups (broad SMARTS) is 1. The maximum Gasteiger partial charge on any atom is 0.352 e. The number of hydrogen-bond donors (Lipinski definition) is 2. The molecule has 3 aromatic carbocycles. The van der Waals surface area contributed by atoms with Gasteiger partial charge in [0.15, 0.2) is 0 Å². The van der Waals surface area contributed by atoms with Gasteiger partial charge in [0.2, 0.25) is 0 Å². The third kappa shape index (κ3) is 5.09. The first-order valence-corrected chi connectivity index (χ1v) is 14.3. The number of aromatic nitrogens is 3. The number of nitrogens with zero attached hydrogens (tertiary/aromatic N) is 3. The predicted octanol–water partition coefficient (Wildman–Crippen LogP) is 6.18. The Bertz CT molecular complexity index is 1720. The lowest BCUT2D eigenvalue weighted by molar-refractivity contribution is 0.0683. The van der Waals surface area contributed by atoms with Crippen LogP contribution in [0.3, 0.4) is 0 Å². The monoisotopic (exact) mass is 554 g/mol. The first-order valence-electron chi connectivity index (χ1n) is 14.3. The van der Waals surface area contributed by atoms with Crippen molar-refractivity contribution in [3.63, 3.8) is 0 Å². The molecule has 0 unspecified atom stereocenters. The summed E-state index contributed by atoms with van der Waals surface area (Å²) in [6, 6.07) is 20.4. The zero-order valence-electron chi connectivity index (χ0n) is 23.7. The van der Waals surface area contributed by atoms with Gasteiger partial charge >= 0.3 is 5.97 Å². The summed E-state index contributed by atoms with van der Waals surface area (Å²) in [5.41, 5.74) is 6.15. The number of benzene rings is 3. The molecule has 0 amide bonds. The van der Waals surface area contributed by atoms with Gasteiger partial charge in [0, 0.05) is 50.1 Å². The second-order valence-corrected chi connectivity index (χ2v) is 10.6. The number of fused-ring (bicyclic) bond motifs is 3. The molecule has 214 valence electrons. The summed E-state index contributed by atoms with van der Waals surface area (Å²) in [6.07, 6.45) is 2.99. The summed E-state index contributed by atoms with van der Waals surface area (Å²) in [7, 11) is 3.86. The van der Waals surface area contributed by atoms with Crippen molar-refractivity contribution in [3.05, 3.63) is 83.3 Å². The largest absolute Gasteiger partial charge is 0.493 e. The van der Waals surface area contributed by atoms with E-state index in [2.05, 4.69) is 35.6 Å². The second-order valence-electron chi connectivity index (χ2n) is 10.6. The molecule has 3 heterocycles. The van der Waals surface area contributed by atoms with E-state index in [0.717, 1.165) is 68.3 Å². The maximum atomic E-state index is 12.8. The Hall–Kier alpha value is -4.14.